The molecule has 3 rings (SSSR count). The third kappa shape index (κ3) is 1.21. The fourth-order valence-corrected chi connectivity index (χ4v) is 2.56. The molecule has 1 unspecified atom stereocenters. The Balaban J connectivity index is 2.08. The highest BCUT2D eigenvalue weighted by Gasteiger charge is 2.52. The first-order chi connectivity index (χ1) is 7.27. The lowest BCUT2D eigenvalue weighted by molar-refractivity contribution is 0.176. The number of ether oxygens (including phenoxy) is 1. The van der Waals surface area contributed by atoms with Crippen molar-refractivity contribution in [1.29, 1.82) is 0 Å². The third-order valence-electron chi connectivity index (χ3n) is 3.90. The van der Waals surface area contributed by atoms with E-state index in [0.29, 0.717) is 0 Å². The van der Waals surface area contributed by atoms with Gasteiger partial charge < -0.3 is 10.5 Å². The zero-order valence-corrected chi connectivity index (χ0v) is 9.12. The maximum absolute atomic E-state index is 6.33. The minimum absolute atomic E-state index is 0.188. The molecule has 80 valence electrons. The Bertz CT molecular complexity index is 396. The van der Waals surface area contributed by atoms with Crippen LogP contribution in [0.1, 0.15) is 36.9 Å². The van der Waals surface area contributed by atoms with Gasteiger partial charge in [0.2, 0.25) is 0 Å². The van der Waals surface area contributed by atoms with Crippen LogP contribution in [0.3, 0.4) is 0 Å². The van der Waals surface area contributed by atoms with Gasteiger partial charge in [-0.05, 0) is 24.8 Å². The van der Waals surface area contributed by atoms with Gasteiger partial charge in [-0.1, -0.05) is 25.1 Å². The zero-order chi connectivity index (χ0) is 10.5. The number of benzene rings is 1. The summed E-state index contributed by atoms with van der Waals surface area (Å²) >= 11 is 0. The molecule has 2 heteroatoms. The van der Waals surface area contributed by atoms with Crippen LogP contribution in [0.4, 0.5) is 0 Å². The van der Waals surface area contributed by atoms with Crippen molar-refractivity contribution in [2.24, 2.45) is 11.1 Å². The summed E-state index contributed by atoms with van der Waals surface area (Å²) in [5, 5.41) is 0. The molecule has 1 saturated carbocycles. The van der Waals surface area contributed by atoms with Gasteiger partial charge in [0.1, 0.15) is 5.75 Å². The predicted molar refractivity (Wildman–Crippen MR) is 59.9 cm³/mol. The van der Waals surface area contributed by atoms with Gasteiger partial charge in [-0.15, -0.1) is 0 Å². The van der Waals surface area contributed by atoms with Crippen LogP contribution in [0.5, 0.6) is 5.75 Å². The van der Waals surface area contributed by atoms with Crippen LogP contribution in [-0.4, -0.2) is 6.61 Å². The van der Waals surface area contributed by atoms with Crippen molar-refractivity contribution >= 4 is 0 Å². The first-order valence-electron chi connectivity index (χ1n) is 5.77. The first-order valence-corrected chi connectivity index (χ1v) is 5.77. The van der Waals surface area contributed by atoms with Crippen LogP contribution in [-0.2, 0) is 6.42 Å². The molecule has 1 aromatic rings. The SMILES string of the molecule is CCc1cccc2c1OCC1(CC1)C2N. The zero-order valence-electron chi connectivity index (χ0n) is 9.12. The summed E-state index contributed by atoms with van der Waals surface area (Å²) in [7, 11) is 0. The lowest BCUT2D eigenvalue weighted by Crippen LogP contribution is -2.33. The average molecular weight is 203 g/mol. The van der Waals surface area contributed by atoms with E-state index in [4.69, 9.17) is 10.5 Å². The molecule has 1 aromatic carbocycles. The highest BCUT2D eigenvalue weighted by molar-refractivity contribution is 5.46. The topological polar surface area (TPSA) is 35.2 Å². The van der Waals surface area contributed by atoms with Crippen LogP contribution in [0, 0.1) is 5.41 Å². The molecule has 1 atom stereocenters. The van der Waals surface area contributed by atoms with Gasteiger partial charge in [-0.25, -0.2) is 0 Å². The number of fused-ring (bicyclic) bond motifs is 1. The van der Waals surface area contributed by atoms with Crippen molar-refractivity contribution in [3.63, 3.8) is 0 Å². The monoisotopic (exact) mass is 203 g/mol. The molecule has 2 aliphatic rings. The summed E-state index contributed by atoms with van der Waals surface area (Å²) in [5.41, 5.74) is 9.12. The van der Waals surface area contributed by atoms with E-state index in [1.807, 2.05) is 0 Å². The summed E-state index contributed by atoms with van der Waals surface area (Å²) in [5.74, 6) is 1.06. The summed E-state index contributed by atoms with van der Waals surface area (Å²) < 4.78 is 5.91. The largest absolute Gasteiger partial charge is 0.492 e. The summed E-state index contributed by atoms with van der Waals surface area (Å²) in [6.45, 7) is 2.98. The highest BCUT2D eigenvalue weighted by Crippen LogP contribution is 2.58. The second-order valence-electron chi connectivity index (χ2n) is 4.82. The summed E-state index contributed by atoms with van der Waals surface area (Å²) in [6.07, 6.45) is 3.47. The van der Waals surface area contributed by atoms with Crippen LogP contribution >= 0.6 is 0 Å². The molecular formula is C13H17NO. The fraction of sp³-hybridized carbons (Fsp3) is 0.538. The molecule has 1 spiro atoms. The van der Waals surface area contributed by atoms with E-state index in [2.05, 4.69) is 25.1 Å². The lowest BCUT2D eigenvalue weighted by Gasteiger charge is -2.32. The van der Waals surface area contributed by atoms with Crippen molar-refractivity contribution in [1.82, 2.24) is 0 Å². The second-order valence-corrected chi connectivity index (χ2v) is 4.82. The van der Waals surface area contributed by atoms with Crippen molar-refractivity contribution in [2.75, 3.05) is 6.61 Å². The van der Waals surface area contributed by atoms with Gasteiger partial charge in [-0.2, -0.15) is 0 Å². The van der Waals surface area contributed by atoms with E-state index < -0.39 is 0 Å². The number of aryl methyl sites for hydroxylation is 1. The van der Waals surface area contributed by atoms with Crippen molar-refractivity contribution < 1.29 is 4.74 Å². The molecule has 2 nitrogen and oxygen atoms in total. The van der Waals surface area contributed by atoms with E-state index in [-0.39, 0.29) is 11.5 Å². The molecule has 1 fully saturated rings. The van der Waals surface area contributed by atoms with E-state index in [1.165, 1.54) is 24.0 Å². The molecule has 15 heavy (non-hydrogen) atoms. The normalized spacial score (nSPS) is 25.9. The van der Waals surface area contributed by atoms with Crippen LogP contribution in [0.25, 0.3) is 0 Å². The molecule has 0 radical (unpaired) electrons. The average Bonchev–Trinajstić information content (AvgIpc) is 3.04. The van der Waals surface area contributed by atoms with Gasteiger partial charge in [0, 0.05) is 17.0 Å². The molecule has 0 amide bonds. The van der Waals surface area contributed by atoms with Gasteiger partial charge in [0.15, 0.2) is 0 Å². The number of nitrogens with two attached hydrogens (primary N) is 1. The van der Waals surface area contributed by atoms with Gasteiger partial charge in [0.05, 0.1) is 6.61 Å². The molecule has 0 bridgehead atoms. The summed E-state index contributed by atoms with van der Waals surface area (Å²) in [6, 6.07) is 6.55. The van der Waals surface area contributed by atoms with Crippen LogP contribution < -0.4 is 10.5 Å². The van der Waals surface area contributed by atoms with Crippen molar-refractivity contribution in [3.05, 3.63) is 29.3 Å². The van der Waals surface area contributed by atoms with E-state index in [9.17, 15) is 0 Å². The molecule has 0 saturated heterocycles. The maximum atomic E-state index is 6.33. The van der Waals surface area contributed by atoms with Crippen molar-refractivity contribution in [3.8, 4) is 5.75 Å². The van der Waals surface area contributed by atoms with E-state index in [0.717, 1.165) is 18.8 Å². The Morgan fingerprint density at radius 3 is 2.93 bits per heavy atom. The Morgan fingerprint density at radius 1 is 1.47 bits per heavy atom. The van der Waals surface area contributed by atoms with Gasteiger partial charge >= 0.3 is 0 Å². The Hall–Kier alpha value is -1.02. The standard InChI is InChI=1S/C13H17NO/c1-2-9-4-3-5-10-11(9)15-8-13(6-7-13)12(10)14/h3-5,12H,2,6-8,14H2,1H3. The molecular weight excluding hydrogens is 186 g/mol. The second kappa shape index (κ2) is 2.99. The minimum Gasteiger partial charge on any atom is -0.492 e. The molecule has 0 aromatic heterocycles. The van der Waals surface area contributed by atoms with Crippen molar-refractivity contribution in [2.45, 2.75) is 32.2 Å². The first kappa shape index (κ1) is 9.22. The van der Waals surface area contributed by atoms with E-state index in [1.54, 1.807) is 0 Å². The number of hydrogen-bond donors (Lipinski definition) is 1. The fourth-order valence-electron chi connectivity index (χ4n) is 2.56. The van der Waals surface area contributed by atoms with E-state index >= 15 is 0 Å². The van der Waals surface area contributed by atoms with Gasteiger partial charge in [-0.3, -0.25) is 0 Å². The maximum Gasteiger partial charge on any atom is 0.127 e. The van der Waals surface area contributed by atoms with Gasteiger partial charge in [0.25, 0.3) is 0 Å². The third-order valence-corrected chi connectivity index (χ3v) is 3.90. The Morgan fingerprint density at radius 2 is 2.27 bits per heavy atom. The number of para-hydroxylation sites is 1. The molecule has 1 heterocycles. The molecule has 1 aliphatic heterocycles. The Labute approximate surface area is 90.4 Å². The van der Waals surface area contributed by atoms with Crippen LogP contribution in [0.15, 0.2) is 18.2 Å². The molecule has 1 aliphatic carbocycles. The minimum atomic E-state index is 0.188. The highest BCUT2D eigenvalue weighted by atomic mass is 16.5. The molecule has 2 N–H and O–H groups in total. The number of hydrogen-bond acceptors (Lipinski definition) is 2. The predicted octanol–water partition coefficient (Wildman–Crippen LogP) is 2.42. The summed E-state index contributed by atoms with van der Waals surface area (Å²) in [4.78, 5) is 0. The van der Waals surface area contributed by atoms with Crippen LogP contribution in [0.2, 0.25) is 0 Å². The Kier molecular flexibility index (Phi) is 1.84. The smallest absolute Gasteiger partial charge is 0.127 e. The quantitative estimate of drug-likeness (QED) is 0.760. The number of rotatable bonds is 1. The lowest BCUT2D eigenvalue weighted by atomic mass is 9.87.